The molecule has 0 unspecified atom stereocenters. The Bertz CT molecular complexity index is 1370. The van der Waals surface area contributed by atoms with Gasteiger partial charge in [0.1, 0.15) is 11.2 Å². The molecule has 6 nitrogen and oxygen atoms in total. The molecule has 3 aromatic carbocycles. The van der Waals surface area contributed by atoms with Crippen LogP contribution in [0.1, 0.15) is 34.1 Å². The van der Waals surface area contributed by atoms with E-state index in [0.717, 1.165) is 22.3 Å². The van der Waals surface area contributed by atoms with Gasteiger partial charge in [0.2, 0.25) is 5.91 Å². The van der Waals surface area contributed by atoms with Crippen molar-refractivity contribution >= 4 is 17.5 Å². The quantitative estimate of drug-likeness (QED) is 0.457. The van der Waals surface area contributed by atoms with Crippen LogP contribution in [0.3, 0.4) is 0 Å². The molecule has 1 atom stereocenters. The van der Waals surface area contributed by atoms with Crippen LogP contribution in [0, 0.1) is 13.8 Å². The minimum Gasteiger partial charge on any atom is -0.350 e. The summed E-state index contributed by atoms with van der Waals surface area (Å²) < 4.78 is 1.67. The standard InChI is InChI=1S/C29H28N4O2/c1-20-14-21(2)16-24(15-20)33-27(34)26-17-25(23-12-8-5-9-13-23)31-32(26)19-29(33,3)28(35)30-18-22-10-6-4-7-11-22/h4-17H,18-19H2,1-3H3,(H,30,35)/t29-/m1/s1. The Morgan fingerprint density at radius 1 is 0.943 bits per heavy atom. The van der Waals surface area contributed by atoms with Crippen molar-refractivity contribution in [3.05, 3.63) is 107 Å². The first kappa shape index (κ1) is 22.6. The van der Waals surface area contributed by atoms with Gasteiger partial charge in [0.25, 0.3) is 5.91 Å². The number of aromatic nitrogens is 2. The summed E-state index contributed by atoms with van der Waals surface area (Å²) in [4.78, 5) is 29.3. The fraction of sp³-hybridized carbons (Fsp3) is 0.207. The van der Waals surface area contributed by atoms with Gasteiger partial charge in [-0.25, -0.2) is 0 Å². The van der Waals surface area contributed by atoms with Crippen LogP contribution < -0.4 is 10.2 Å². The molecule has 0 saturated carbocycles. The van der Waals surface area contributed by atoms with E-state index in [2.05, 4.69) is 11.4 Å². The van der Waals surface area contributed by atoms with Crippen LogP contribution in [0.4, 0.5) is 5.69 Å². The Morgan fingerprint density at radius 2 is 1.57 bits per heavy atom. The number of nitrogens with zero attached hydrogens (tertiary/aromatic N) is 3. The van der Waals surface area contributed by atoms with Crippen LogP contribution in [0.5, 0.6) is 0 Å². The average molecular weight is 465 g/mol. The summed E-state index contributed by atoms with van der Waals surface area (Å²) in [5, 5.41) is 7.77. The number of carbonyl (C=O) groups is 2. The minimum absolute atomic E-state index is 0.226. The number of aryl methyl sites for hydroxylation is 2. The van der Waals surface area contributed by atoms with E-state index in [1.54, 1.807) is 9.58 Å². The van der Waals surface area contributed by atoms with Crippen molar-refractivity contribution in [2.24, 2.45) is 0 Å². The van der Waals surface area contributed by atoms with Gasteiger partial charge in [-0.15, -0.1) is 0 Å². The van der Waals surface area contributed by atoms with Gasteiger partial charge in [-0.1, -0.05) is 66.7 Å². The van der Waals surface area contributed by atoms with E-state index in [4.69, 9.17) is 5.10 Å². The number of nitrogens with one attached hydrogen (secondary N) is 1. The molecule has 2 amide bonds. The maximum atomic E-state index is 14.0. The van der Waals surface area contributed by atoms with Gasteiger partial charge in [-0.3, -0.25) is 19.2 Å². The molecule has 35 heavy (non-hydrogen) atoms. The third-order valence-corrected chi connectivity index (χ3v) is 6.47. The number of hydrogen-bond donors (Lipinski definition) is 1. The fourth-order valence-corrected chi connectivity index (χ4v) is 4.78. The third-order valence-electron chi connectivity index (χ3n) is 6.47. The molecule has 0 fully saturated rings. The van der Waals surface area contributed by atoms with E-state index in [-0.39, 0.29) is 18.4 Å². The van der Waals surface area contributed by atoms with Crippen molar-refractivity contribution in [2.75, 3.05) is 4.90 Å². The second-order valence-corrected chi connectivity index (χ2v) is 9.37. The largest absolute Gasteiger partial charge is 0.350 e. The highest BCUT2D eigenvalue weighted by Gasteiger charge is 2.49. The van der Waals surface area contributed by atoms with Crippen LogP contribution in [-0.4, -0.2) is 27.1 Å². The smallest absolute Gasteiger partial charge is 0.277 e. The molecule has 0 spiro atoms. The summed E-state index contributed by atoms with van der Waals surface area (Å²) in [6.45, 7) is 6.43. The van der Waals surface area contributed by atoms with Crippen molar-refractivity contribution in [3.63, 3.8) is 0 Å². The Hall–Kier alpha value is -4.19. The molecule has 6 heteroatoms. The third kappa shape index (κ3) is 4.23. The molecule has 4 aromatic rings. The number of hydrogen-bond acceptors (Lipinski definition) is 3. The van der Waals surface area contributed by atoms with Gasteiger partial charge in [0.15, 0.2) is 0 Å². The lowest BCUT2D eigenvalue weighted by Gasteiger charge is -2.43. The predicted octanol–water partition coefficient (Wildman–Crippen LogP) is 4.90. The molecule has 1 aliphatic rings. The topological polar surface area (TPSA) is 67.2 Å². The first-order chi connectivity index (χ1) is 16.8. The van der Waals surface area contributed by atoms with E-state index in [1.165, 1.54) is 0 Å². The summed E-state index contributed by atoms with van der Waals surface area (Å²) in [6.07, 6.45) is 0. The van der Waals surface area contributed by atoms with Crippen LogP contribution in [0.15, 0.2) is 84.9 Å². The Kier molecular flexibility index (Phi) is 5.73. The Labute approximate surface area is 205 Å². The van der Waals surface area contributed by atoms with Crippen molar-refractivity contribution in [2.45, 2.75) is 39.4 Å². The molecule has 0 bridgehead atoms. The van der Waals surface area contributed by atoms with E-state index >= 15 is 0 Å². The molecule has 1 N–H and O–H groups in total. The molecule has 0 radical (unpaired) electrons. The summed E-state index contributed by atoms with van der Waals surface area (Å²) >= 11 is 0. The number of carbonyl (C=O) groups excluding carboxylic acids is 2. The lowest BCUT2D eigenvalue weighted by Crippen LogP contribution is -2.64. The maximum Gasteiger partial charge on any atom is 0.277 e. The van der Waals surface area contributed by atoms with Gasteiger partial charge in [0, 0.05) is 17.8 Å². The second kappa shape index (κ2) is 8.87. The zero-order chi connectivity index (χ0) is 24.6. The number of anilines is 1. The molecule has 176 valence electrons. The van der Waals surface area contributed by atoms with Crippen molar-refractivity contribution in [1.29, 1.82) is 0 Å². The number of amides is 2. The maximum absolute atomic E-state index is 14.0. The van der Waals surface area contributed by atoms with Gasteiger partial charge < -0.3 is 5.32 Å². The first-order valence-corrected chi connectivity index (χ1v) is 11.7. The molecule has 2 heterocycles. The van der Waals surface area contributed by atoms with Crippen LogP contribution >= 0.6 is 0 Å². The summed E-state index contributed by atoms with van der Waals surface area (Å²) in [6, 6.07) is 27.3. The molecule has 0 saturated heterocycles. The lowest BCUT2D eigenvalue weighted by atomic mass is 9.93. The number of benzene rings is 3. The highest BCUT2D eigenvalue weighted by Crippen LogP contribution is 2.35. The van der Waals surface area contributed by atoms with Crippen LogP contribution in [-0.2, 0) is 17.9 Å². The van der Waals surface area contributed by atoms with E-state index in [1.807, 2.05) is 99.6 Å². The first-order valence-electron chi connectivity index (χ1n) is 11.7. The normalized spacial score (nSPS) is 17.2. The van der Waals surface area contributed by atoms with Gasteiger partial charge >= 0.3 is 0 Å². The van der Waals surface area contributed by atoms with Crippen molar-refractivity contribution in [3.8, 4) is 11.3 Å². The van der Waals surface area contributed by atoms with Crippen LogP contribution in [0.2, 0.25) is 0 Å². The van der Waals surface area contributed by atoms with Crippen molar-refractivity contribution < 1.29 is 9.59 Å². The second-order valence-electron chi connectivity index (χ2n) is 9.37. The monoisotopic (exact) mass is 464 g/mol. The fourth-order valence-electron chi connectivity index (χ4n) is 4.78. The minimum atomic E-state index is -1.17. The molecule has 0 aliphatic carbocycles. The van der Waals surface area contributed by atoms with Gasteiger partial charge in [-0.2, -0.15) is 5.10 Å². The Balaban J connectivity index is 1.57. The van der Waals surface area contributed by atoms with Gasteiger partial charge in [-0.05, 0) is 55.7 Å². The average Bonchev–Trinajstić information content (AvgIpc) is 3.27. The highest BCUT2D eigenvalue weighted by atomic mass is 16.2. The van der Waals surface area contributed by atoms with E-state index in [9.17, 15) is 9.59 Å². The van der Waals surface area contributed by atoms with Crippen LogP contribution in [0.25, 0.3) is 11.3 Å². The molecule has 5 rings (SSSR count). The summed E-state index contributed by atoms with van der Waals surface area (Å²) in [5.74, 6) is -0.468. The molecule has 1 aromatic heterocycles. The predicted molar refractivity (Wildman–Crippen MR) is 137 cm³/mol. The Morgan fingerprint density at radius 3 is 2.23 bits per heavy atom. The van der Waals surface area contributed by atoms with E-state index in [0.29, 0.717) is 23.6 Å². The molecule has 1 aliphatic heterocycles. The zero-order valence-corrected chi connectivity index (χ0v) is 20.2. The SMILES string of the molecule is Cc1cc(C)cc(N2C(=O)c3cc(-c4ccccc4)nn3C[C@]2(C)C(=O)NCc2ccccc2)c1. The van der Waals surface area contributed by atoms with E-state index < -0.39 is 5.54 Å². The van der Waals surface area contributed by atoms with Crippen molar-refractivity contribution in [1.82, 2.24) is 15.1 Å². The lowest BCUT2D eigenvalue weighted by molar-refractivity contribution is -0.126. The summed E-state index contributed by atoms with van der Waals surface area (Å²) in [5.41, 5.74) is 4.70. The highest BCUT2D eigenvalue weighted by molar-refractivity contribution is 6.12. The number of rotatable bonds is 5. The molecular weight excluding hydrogens is 436 g/mol. The molecular formula is C29H28N4O2. The zero-order valence-electron chi connectivity index (χ0n) is 20.2. The summed E-state index contributed by atoms with van der Waals surface area (Å²) in [7, 11) is 0. The van der Waals surface area contributed by atoms with Gasteiger partial charge in [0.05, 0.1) is 12.2 Å². The number of fused-ring (bicyclic) bond motifs is 1.